The third-order valence-electron chi connectivity index (χ3n) is 3.15. The zero-order valence-electron chi connectivity index (χ0n) is 12.4. The number of benzene rings is 1. The summed E-state index contributed by atoms with van der Waals surface area (Å²) in [6.07, 6.45) is 2.70. The molecule has 1 rings (SSSR count). The molecule has 0 radical (unpaired) electrons. The van der Waals surface area contributed by atoms with E-state index in [0.29, 0.717) is 18.7 Å². The molecular weight excluding hydrogens is 256 g/mol. The molecule has 3 N–H and O–H groups in total. The summed E-state index contributed by atoms with van der Waals surface area (Å²) in [5.74, 6) is 1.28. The van der Waals surface area contributed by atoms with Crippen molar-refractivity contribution in [3.8, 4) is 11.5 Å². The van der Waals surface area contributed by atoms with E-state index >= 15 is 0 Å². The molecule has 0 bridgehead atoms. The first-order valence-electron chi connectivity index (χ1n) is 6.86. The second-order valence-corrected chi connectivity index (χ2v) is 4.64. The topological polar surface area (TPSA) is 73.6 Å². The van der Waals surface area contributed by atoms with E-state index in [1.165, 1.54) is 0 Å². The van der Waals surface area contributed by atoms with Crippen LogP contribution >= 0.6 is 0 Å². The number of carbonyl (C=O) groups is 1. The van der Waals surface area contributed by atoms with Crippen LogP contribution in [-0.2, 0) is 11.3 Å². The Morgan fingerprint density at radius 2 is 2.10 bits per heavy atom. The number of methoxy groups -OCH3 is 2. The number of ether oxygens (including phenoxy) is 2. The van der Waals surface area contributed by atoms with Crippen LogP contribution in [-0.4, -0.2) is 26.2 Å². The number of hydrogen-bond acceptors (Lipinski definition) is 4. The van der Waals surface area contributed by atoms with Crippen molar-refractivity contribution >= 4 is 5.91 Å². The summed E-state index contributed by atoms with van der Waals surface area (Å²) in [4.78, 5) is 11.8. The molecule has 0 saturated heterocycles. The van der Waals surface area contributed by atoms with Gasteiger partial charge in [0.05, 0.1) is 20.3 Å². The van der Waals surface area contributed by atoms with Crippen molar-refractivity contribution in [1.29, 1.82) is 0 Å². The highest BCUT2D eigenvalue weighted by molar-refractivity contribution is 5.81. The van der Waals surface area contributed by atoms with Gasteiger partial charge in [0.1, 0.15) is 11.5 Å². The van der Waals surface area contributed by atoms with Crippen molar-refractivity contribution in [1.82, 2.24) is 5.32 Å². The van der Waals surface area contributed by atoms with Crippen LogP contribution in [0, 0.1) is 0 Å². The highest BCUT2D eigenvalue weighted by Gasteiger charge is 2.13. The van der Waals surface area contributed by atoms with Gasteiger partial charge in [0.25, 0.3) is 0 Å². The van der Waals surface area contributed by atoms with Crippen LogP contribution in [0.2, 0.25) is 0 Å². The third-order valence-corrected chi connectivity index (χ3v) is 3.15. The molecule has 0 aliphatic rings. The molecule has 20 heavy (non-hydrogen) atoms. The first kappa shape index (κ1) is 16.3. The van der Waals surface area contributed by atoms with E-state index in [-0.39, 0.29) is 5.91 Å². The Hall–Kier alpha value is -1.75. The summed E-state index contributed by atoms with van der Waals surface area (Å²) in [5.41, 5.74) is 6.71. The molecule has 0 unspecified atom stereocenters. The molecular formula is C15H24N2O3. The minimum absolute atomic E-state index is 0.128. The fourth-order valence-corrected chi connectivity index (χ4v) is 1.87. The molecule has 0 aliphatic heterocycles. The highest BCUT2D eigenvalue weighted by atomic mass is 16.5. The lowest BCUT2D eigenvalue weighted by Gasteiger charge is -2.14. The number of nitrogens with two attached hydrogens (primary N) is 1. The Balaban J connectivity index is 2.58. The number of carbonyl (C=O) groups excluding carboxylic acids is 1. The zero-order chi connectivity index (χ0) is 15.0. The summed E-state index contributed by atoms with van der Waals surface area (Å²) >= 11 is 0. The van der Waals surface area contributed by atoms with Crippen LogP contribution in [0.3, 0.4) is 0 Å². The second kappa shape index (κ2) is 8.43. The van der Waals surface area contributed by atoms with Crippen molar-refractivity contribution in [3.05, 3.63) is 23.8 Å². The Labute approximate surface area is 120 Å². The predicted molar refractivity (Wildman–Crippen MR) is 78.9 cm³/mol. The Kier molecular flexibility index (Phi) is 6.87. The van der Waals surface area contributed by atoms with Crippen LogP contribution < -0.4 is 20.5 Å². The Morgan fingerprint density at radius 1 is 1.35 bits per heavy atom. The molecule has 0 spiro atoms. The van der Waals surface area contributed by atoms with E-state index in [9.17, 15) is 4.79 Å². The predicted octanol–water partition coefficient (Wildman–Crippen LogP) is 1.84. The summed E-state index contributed by atoms with van der Waals surface area (Å²) in [7, 11) is 3.19. The average molecular weight is 280 g/mol. The molecule has 0 heterocycles. The van der Waals surface area contributed by atoms with E-state index in [1.807, 2.05) is 12.1 Å². The maximum Gasteiger partial charge on any atom is 0.237 e. The van der Waals surface area contributed by atoms with Gasteiger partial charge in [-0.3, -0.25) is 4.79 Å². The normalized spacial score (nSPS) is 11.8. The van der Waals surface area contributed by atoms with Gasteiger partial charge in [-0.05, 0) is 18.6 Å². The molecule has 5 heteroatoms. The van der Waals surface area contributed by atoms with Crippen LogP contribution in [0.1, 0.15) is 31.7 Å². The molecule has 0 aromatic heterocycles. The van der Waals surface area contributed by atoms with Crippen molar-refractivity contribution < 1.29 is 14.3 Å². The van der Waals surface area contributed by atoms with Crippen molar-refractivity contribution in [2.75, 3.05) is 14.2 Å². The second-order valence-electron chi connectivity index (χ2n) is 4.64. The minimum atomic E-state index is -0.445. The van der Waals surface area contributed by atoms with Gasteiger partial charge < -0.3 is 20.5 Å². The lowest BCUT2D eigenvalue weighted by atomic mass is 10.1. The number of hydrogen-bond donors (Lipinski definition) is 2. The van der Waals surface area contributed by atoms with Gasteiger partial charge in [0.2, 0.25) is 5.91 Å². The smallest absolute Gasteiger partial charge is 0.237 e. The Morgan fingerprint density at radius 3 is 2.70 bits per heavy atom. The fourth-order valence-electron chi connectivity index (χ4n) is 1.87. The number of unbranched alkanes of at least 4 members (excludes halogenated alkanes) is 1. The van der Waals surface area contributed by atoms with Gasteiger partial charge in [0.15, 0.2) is 0 Å². The van der Waals surface area contributed by atoms with Crippen molar-refractivity contribution in [2.45, 2.75) is 38.8 Å². The molecule has 5 nitrogen and oxygen atoms in total. The summed E-state index contributed by atoms with van der Waals surface area (Å²) < 4.78 is 10.4. The molecule has 0 saturated carbocycles. The molecule has 0 fully saturated rings. The molecule has 112 valence electrons. The lowest BCUT2D eigenvalue weighted by molar-refractivity contribution is -0.122. The number of rotatable bonds is 8. The van der Waals surface area contributed by atoms with Crippen LogP contribution in [0.5, 0.6) is 11.5 Å². The molecule has 0 aliphatic carbocycles. The molecule has 1 amide bonds. The van der Waals surface area contributed by atoms with Crippen LogP contribution in [0.15, 0.2) is 18.2 Å². The number of nitrogens with one attached hydrogen (secondary N) is 1. The van der Waals surface area contributed by atoms with Gasteiger partial charge in [-0.2, -0.15) is 0 Å². The largest absolute Gasteiger partial charge is 0.497 e. The van der Waals surface area contributed by atoms with Crippen LogP contribution in [0.25, 0.3) is 0 Å². The minimum Gasteiger partial charge on any atom is -0.497 e. The van der Waals surface area contributed by atoms with Gasteiger partial charge in [-0.15, -0.1) is 0 Å². The summed E-state index contributed by atoms with van der Waals surface area (Å²) in [6, 6.07) is 5.05. The standard InChI is InChI=1S/C15H24N2O3/c1-4-5-6-13(16)15(18)17-10-11-7-8-12(19-2)9-14(11)20-3/h7-9,13H,4-6,10,16H2,1-3H3,(H,17,18)/t13-/m0/s1. The SMILES string of the molecule is CCCC[C@H](N)C(=O)NCc1ccc(OC)cc1OC. The molecule has 1 aromatic rings. The van der Waals surface area contributed by atoms with E-state index in [1.54, 1.807) is 20.3 Å². The maximum absolute atomic E-state index is 11.8. The first-order chi connectivity index (χ1) is 9.62. The van der Waals surface area contributed by atoms with Crippen LogP contribution in [0.4, 0.5) is 0 Å². The summed E-state index contributed by atoms with van der Waals surface area (Å²) in [5, 5.41) is 2.84. The third kappa shape index (κ3) is 4.74. The highest BCUT2D eigenvalue weighted by Crippen LogP contribution is 2.24. The number of amides is 1. The lowest BCUT2D eigenvalue weighted by Crippen LogP contribution is -2.40. The summed E-state index contributed by atoms with van der Waals surface area (Å²) in [6.45, 7) is 2.47. The molecule has 1 atom stereocenters. The van der Waals surface area contributed by atoms with Gasteiger partial charge in [-0.25, -0.2) is 0 Å². The maximum atomic E-state index is 11.8. The van der Waals surface area contributed by atoms with E-state index < -0.39 is 6.04 Å². The quantitative estimate of drug-likeness (QED) is 0.762. The van der Waals surface area contributed by atoms with Crippen molar-refractivity contribution in [2.24, 2.45) is 5.73 Å². The monoisotopic (exact) mass is 280 g/mol. The van der Waals surface area contributed by atoms with Gasteiger partial charge in [-0.1, -0.05) is 19.8 Å². The van der Waals surface area contributed by atoms with E-state index in [0.717, 1.165) is 24.2 Å². The van der Waals surface area contributed by atoms with Gasteiger partial charge >= 0.3 is 0 Å². The van der Waals surface area contributed by atoms with E-state index in [4.69, 9.17) is 15.2 Å². The molecule has 1 aromatic carbocycles. The van der Waals surface area contributed by atoms with E-state index in [2.05, 4.69) is 12.2 Å². The zero-order valence-corrected chi connectivity index (χ0v) is 12.4. The van der Waals surface area contributed by atoms with Crippen molar-refractivity contribution in [3.63, 3.8) is 0 Å². The average Bonchev–Trinajstić information content (AvgIpc) is 2.49. The first-order valence-corrected chi connectivity index (χ1v) is 6.86. The fraction of sp³-hybridized carbons (Fsp3) is 0.533. The van der Waals surface area contributed by atoms with Gasteiger partial charge in [0, 0.05) is 18.2 Å². The Bertz CT molecular complexity index is 435.